The predicted molar refractivity (Wildman–Crippen MR) is 61.5 cm³/mol. The summed E-state index contributed by atoms with van der Waals surface area (Å²) >= 11 is 0. The highest BCUT2D eigenvalue weighted by molar-refractivity contribution is 5.52. The van der Waals surface area contributed by atoms with Crippen LogP contribution in [0.3, 0.4) is 0 Å². The van der Waals surface area contributed by atoms with Crippen molar-refractivity contribution < 1.29 is 4.74 Å². The second kappa shape index (κ2) is 5.28. The molecule has 1 heteroatoms. The Morgan fingerprint density at radius 1 is 1.29 bits per heavy atom. The summed E-state index contributed by atoms with van der Waals surface area (Å²) in [6.45, 7) is 8.33. The van der Waals surface area contributed by atoms with Gasteiger partial charge in [0.15, 0.2) is 0 Å². The summed E-state index contributed by atoms with van der Waals surface area (Å²) in [6.07, 6.45) is 3.88. The maximum Gasteiger partial charge on any atom is 0.119 e. The molecular weight excluding hydrogens is 172 g/mol. The van der Waals surface area contributed by atoms with Crippen LogP contribution >= 0.6 is 0 Å². The van der Waals surface area contributed by atoms with Gasteiger partial charge in [-0.25, -0.2) is 0 Å². The first-order valence-electron chi connectivity index (χ1n) is 4.71. The van der Waals surface area contributed by atoms with Gasteiger partial charge in [0.05, 0.1) is 0 Å². The Morgan fingerprint density at radius 3 is 2.43 bits per heavy atom. The van der Waals surface area contributed by atoms with E-state index in [1.165, 1.54) is 11.1 Å². The molecule has 0 saturated carbocycles. The lowest BCUT2D eigenvalue weighted by molar-refractivity contribution is 0.363. The summed E-state index contributed by atoms with van der Waals surface area (Å²) in [4.78, 5) is 0. The Labute approximate surface area is 85.7 Å². The third-order valence-electron chi connectivity index (χ3n) is 1.70. The third-order valence-corrected chi connectivity index (χ3v) is 1.70. The van der Waals surface area contributed by atoms with Gasteiger partial charge in [0, 0.05) is 0 Å². The molecule has 0 aliphatic carbocycles. The van der Waals surface area contributed by atoms with Crippen LogP contribution in [-0.2, 0) is 0 Å². The molecule has 0 amide bonds. The van der Waals surface area contributed by atoms with E-state index in [2.05, 4.69) is 26.5 Å². The Balaban J connectivity index is 2.68. The number of rotatable bonds is 4. The fraction of sp³-hybridized carbons (Fsp3) is 0.231. The Bertz CT molecular complexity index is 316. The maximum absolute atomic E-state index is 5.38. The van der Waals surface area contributed by atoms with Crippen molar-refractivity contribution in [3.05, 3.63) is 48.1 Å². The topological polar surface area (TPSA) is 9.23 Å². The van der Waals surface area contributed by atoms with E-state index in [9.17, 15) is 0 Å². The molecule has 1 aromatic carbocycles. The molecule has 0 unspecified atom stereocenters. The fourth-order valence-corrected chi connectivity index (χ4v) is 1.15. The van der Waals surface area contributed by atoms with Gasteiger partial charge in [-0.2, -0.15) is 0 Å². The molecule has 0 heterocycles. The van der Waals surface area contributed by atoms with E-state index in [1.54, 1.807) is 6.08 Å². The minimum Gasteiger partial charge on any atom is -0.490 e. The molecule has 74 valence electrons. The summed E-state index contributed by atoms with van der Waals surface area (Å²) in [7, 11) is 0. The summed E-state index contributed by atoms with van der Waals surface area (Å²) in [5.74, 6) is 0.885. The van der Waals surface area contributed by atoms with E-state index in [0.717, 1.165) is 5.75 Å². The van der Waals surface area contributed by atoms with E-state index in [0.29, 0.717) is 6.61 Å². The van der Waals surface area contributed by atoms with Crippen LogP contribution in [0, 0.1) is 0 Å². The zero-order valence-electron chi connectivity index (χ0n) is 8.79. The number of hydrogen-bond donors (Lipinski definition) is 0. The first kappa shape index (κ1) is 10.6. The molecule has 0 bridgehead atoms. The minimum absolute atomic E-state index is 0.558. The molecule has 1 rings (SSSR count). The highest BCUT2D eigenvalue weighted by atomic mass is 16.5. The van der Waals surface area contributed by atoms with Gasteiger partial charge in [-0.05, 0) is 31.5 Å². The smallest absolute Gasteiger partial charge is 0.119 e. The zero-order valence-corrected chi connectivity index (χ0v) is 8.79. The van der Waals surface area contributed by atoms with Crippen molar-refractivity contribution in [1.82, 2.24) is 0 Å². The molecule has 1 nitrogen and oxygen atoms in total. The monoisotopic (exact) mass is 188 g/mol. The standard InChI is InChI=1S/C13H16O/c1-4-9-14-13-7-5-12(6-8-13)10-11(2)3/h4-8,10H,1,9H2,2-3H3. The van der Waals surface area contributed by atoms with Gasteiger partial charge in [0.1, 0.15) is 12.4 Å². The number of ether oxygens (including phenoxy) is 1. The van der Waals surface area contributed by atoms with Crippen LogP contribution in [0.1, 0.15) is 19.4 Å². The maximum atomic E-state index is 5.38. The molecule has 0 saturated heterocycles. The van der Waals surface area contributed by atoms with Gasteiger partial charge in [-0.1, -0.05) is 36.4 Å². The Kier molecular flexibility index (Phi) is 3.99. The lowest BCUT2D eigenvalue weighted by atomic mass is 10.1. The summed E-state index contributed by atoms with van der Waals surface area (Å²) in [6, 6.07) is 8.04. The van der Waals surface area contributed by atoms with Gasteiger partial charge >= 0.3 is 0 Å². The first-order chi connectivity index (χ1) is 6.72. The van der Waals surface area contributed by atoms with E-state index < -0.39 is 0 Å². The Hall–Kier alpha value is -1.50. The van der Waals surface area contributed by atoms with Crippen molar-refractivity contribution in [2.24, 2.45) is 0 Å². The van der Waals surface area contributed by atoms with Crippen LogP contribution in [0.4, 0.5) is 0 Å². The van der Waals surface area contributed by atoms with Crippen LogP contribution in [0.15, 0.2) is 42.5 Å². The van der Waals surface area contributed by atoms with E-state index in [4.69, 9.17) is 4.74 Å². The molecule has 0 aliphatic heterocycles. The van der Waals surface area contributed by atoms with Gasteiger partial charge in [-0.3, -0.25) is 0 Å². The lowest BCUT2D eigenvalue weighted by Gasteiger charge is -2.02. The molecule has 0 radical (unpaired) electrons. The van der Waals surface area contributed by atoms with Crippen molar-refractivity contribution in [2.45, 2.75) is 13.8 Å². The molecule has 0 N–H and O–H groups in total. The molecule has 0 atom stereocenters. The normalized spacial score (nSPS) is 9.29. The van der Waals surface area contributed by atoms with Crippen molar-refractivity contribution in [3.63, 3.8) is 0 Å². The minimum atomic E-state index is 0.558. The number of hydrogen-bond acceptors (Lipinski definition) is 1. The average molecular weight is 188 g/mol. The van der Waals surface area contributed by atoms with Gasteiger partial charge in [0.25, 0.3) is 0 Å². The van der Waals surface area contributed by atoms with Gasteiger partial charge in [-0.15, -0.1) is 0 Å². The van der Waals surface area contributed by atoms with Crippen LogP contribution in [0.2, 0.25) is 0 Å². The van der Waals surface area contributed by atoms with Crippen LogP contribution < -0.4 is 4.74 Å². The van der Waals surface area contributed by atoms with Gasteiger partial charge in [0.2, 0.25) is 0 Å². The SMILES string of the molecule is C=CCOc1ccc(C=C(C)C)cc1. The number of benzene rings is 1. The van der Waals surface area contributed by atoms with E-state index in [1.807, 2.05) is 24.3 Å². The van der Waals surface area contributed by atoms with Crippen molar-refractivity contribution in [1.29, 1.82) is 0 Å². The molecule has 0 aliphatic rings. The lowest BCUT2D eigenvalue weighted by Crippen LogP contribution is -1.91. The van der Waals surface area contributed by atoms with Crippen molar-refractivity contribution >= 4 is 6.08 Å². The molecular formula is C13H16O. The summed E-state index contributed by atoms with van der Waals surface area (Å²) in [5.41, 5.74) is 2.50. The van der Waals surface area contributed by atoms with Crippen LogP contribution in [0.25, 0.3) is 6.08 Å². The van der Waals surface area contributed by atoms with E-state index >= 15 is 0 Å². The first-order valence-corrected chi connectivity index (χ1v) is 4.71. The molecule has 0 aromatic heterocycles. The van der Waals surface area contributed by atoms with E-state index in [-0.39, 0.29) is 0 Å². The van der Waals surface area contributed by atoms with Crippen molar-refractivity contribution in [2.75, 3.05) is 6.61 Å². The molecule has 0 spiro atoms. The van der Waals surface area contributed by atoms with Crippen LogP contribution in [-0.4, -0.2) is 6.61 Å². The quantitative estimate of drug-likeness (QED) is 0.655. The molecule has 1 aromatic rings. The predicted octanol–water partition coefficient (Wildman–Crippen LogP) is 3.67. The highest BCUT2D eigenvalue weighted by Gasteiger charge is 1.91. The Morgan fingerprint density at radius 2 is 1.93 bits per heavy atom. The largest absolute Gasteiger partial charge is 0.490 e. The molecule has 0 fully saturated rings. The van der Waals surface area contributed by atoms with Gasteiger partial charge < -0.3 is 4.74 Å². The molecule has 14 heavy (non-hydrogen) atoms. The zero-order chi connectivity index (χ0) is 10.4. The number of allylic oxidation sites excluding steroid dienone is 1. The van der Waals surface area contributed by atoms with Crippen molar-refractivity contribution in [3.8, 4) is 5.75 Å². The highest BCUT2D eigenvalue weighted by Crippen LogP contribution is 2.14. The van der Waals surface area contributed by atoms with Crippen LogP contribution in [0.5, 0.6) is 5.75 Å². The summed E-state index contributed by atoms with van der Waals surface area (Å²) in [5, 5.41) is 0. The second-order valence-electron chi connectivity index (χ2n) is 3.39. The summed E-state index contributed by atoms with van der Waals surface area (Å²) < 4.78 is 5.38. The second-order valence-corrected chi connectivity index (χ2v) is 3.39. The third kappa shape index (κ3) is 3.48. The fourth-order valence-electron chi connectivity index (χ4n) is 1.15. The average Bonchev–Trinajstić information content (AvgIpc) is 2.16.